The van der Waals surface area contributed by atoms with E-state index in [1.54, 1.807) is 0 Å². The Hall–Kier alpha value is -2.14. The number of hydrogen-bond donors (Lipinski definition) is 1. The molecule has 0 unspecified atom stereocenters. The van der Waals surface area contributed by atoms with E-state index in [0.29, 0.717) is 6.04 Å². The standard InChI is InChI=1S/C18H24N4O/c1-12-6-5-7-16(8-12)19-18(23)15(4)21-10-17(11-21)22-14(3)9-13(2)20-22/h5-9,15,17H,10-11H2,1-4H3,(H,19,23)/t15-/m1/s1. The second kappa shape index (κ2) is 6.16. The van der Waals surface area contributed by atoms with Crippen LogP contribution < -0.4 is 5.32 Å². The number of nitrogens with zero attached hydrogens (tertiary/aromatic N) is 3. The molecule has 3 rings (SSSR count). The van der Waals surface area contributed by atoms with Crippen LogP contribution in [-0.2, 0) is 4.79 Å². The quantitative estimate of drug-likeness (QED) is 0.944. The summed E-state index contributed by atoms with van der Waals surface area (Å²) >= 11 is 0. The summed E-state index contributed by atoms with van der Waals surface area (Å²) in [5.74, 6) is 0.0439. The Morgan fingerprint density at radius 1 is 1.26 bits per heavy atom. The van der Waals surface area contributed by atoms with Crippen LogP contribution in [0.3, 0.4) is 0 Å². The molecule has 1 saturated heterocycles. The highest BCUT2D eigenvalue weighted by Crippen LogP contribution is 2.25. The lowest BCUT2D eigenvalue weighted by Gasteiger charge is -2.42. The normalized spacial score (nSPS) is 16.9. The molecule has 1 fully saturated rings. The Kier molecular flexibility index (Phi) is 4.22. The van der Waals surface area contributed by atoms with Crippen molar-refractivity contribution in [2.75, 3.05) is 18.4 Å². The highest BCUT2D eigenvalue weighted by Gasteiger charge is 2.35. The zero-order chi connectivity index (χ0) is 16.6. The fourth-order valence-electron chi connectivity index (χ4n) is 3.11. The van der Waals surface area contributed by atoms with Gasteiger partial charge in [0.1, 0.15) is 0 Å². The Labute approximate surface area is 137 Å². The monoisotopic (exact) mass is 312 g/mol. The van der Waals surface area contributed by atoms with Crippen LogP contribution >= 0.6 is 0 Å². The van der Waals surface area contributed by atoms with Crippen molar-refractivity contribution < 1.29 is 4.79 Å². The van der Waals surface area contributed by atoms with Crippen molar-refractivity contribution in [3.05, 3.63) is 47.3 Å². The van der Waals surface area contributed by atoms with E-state index in [1.165, 1.54) is 5.69 Å². The SMILES string of the molecule is Cc1cccc(NC(=O)[C@@H](C)N2CC(n3nc(C)cc3C)C2)c1. The van der Waals surface area contributed by atoms with Crippen molar-refractivity contribution in [2.24, 2.45) is 0 Å². The molecule has 1 atom stereocenters. The number of carbonyl (C=O) groups excluding carboxylic acids is 1. The van der Waals surface area contributed by atoms with Crippen LogP contribution in [-0.4, -0.2) is 39.7 Å². The molecule has 1 aromatic heterocycles. The second-order valence-electron chi connectivity index (χ2n) is 6.51. The Morgan fingerprint density at radius 3 is 2.61 bits per heavy atom. The summed E-state index contributed by atoms with van der Waals surface area (Å²) in [6.45, 7) is 9.80. The van der Waals surface area contributed by atoms with Crippen molar-refractivity contribution in [3.63, 3.8) is 0 Å². The van der Waals surface area contributed by atoms with Crippen molar-refractivity contribution >= 4 is 11.6 Å². The highest BCUT2D eigenvalue weighted by molar-refractivity contribution is 5.94. The zero-order valence-electron chi connectivity index (χ0n) is 14.2. The number of aryl methyl sites for hydroxylation is 3. The van der Waals surface area contributed by atoms with Gasteiger partial charge in [0.2, 0.25) is 5.91 Å². The largest absolute Gasteiger partial charge is 0.325 e. The minimum Gasteiger partial charge on any atom is -0.325 e. The second-order valence-corrected chi connectivity index (χ2v) is 6.51. The average molecular weight is 312 g/mol. The molecular formula is C18H24N4O. The number of amides is 1. The first-order valence-corrected chi connectivity index (χ1v) is 8.08. The number of carbonyl (C=O) groups is 1. The lowest BCUT2D eigenvalue weighted by molar-refractivity contribution is -0.123. The molecule has 122 valence electrons. The molecular weight excluding hydrogens is 288 g/mol. The van der Waals surface area contributed by atoms with E-state index < -0.39 is 0 Å². The van der Waals surface area contributed by atoms with Gasteiger partial charge in [0.05, 0.1) is 17.8 Å². The first kappa shape index (κ1) is 15.7. The van der Waals surface area contributed by atoms with E-state index in [2.05, 4.69) is 33.0 Å². The lowest BCUT2D eigenvalue weighted by atomic mass is 10.1. The van der Waals surface area contributed by atoms with Crippen molar-refractivity contribution in [2.45, 2.75) is 39.8 Å². The third-order valence-corrected chi connectivity index (χ3v) is 4.49. The van der Waals surface area contributed by atoms with E-state index in [9.17, 15) is 4.79 Å². The van der Waals surface area contributed by atoms with Crippen molar-refractivity contribution in [3.8, 4) is 0 Å². The third-order valence-electron chi connectivity index (χ3n) is 4.49. The van der Waals surface area contributed by atoms with Gasteiger partial charge >= 0.3 is 0 Å². The maximum absolute atomic E-state index is 12.4. The summed E-state index contributed by atoms with van der Waals surface area (Å²) in [6.07, 6.45) is 0. The van der Waals surface area contributed by atoms with Crippen LogP contribution in [0.15, 0.2) is 30.3 Å². The van der Waals surface area contributed by atoms with Crippen LogP contribution in [0, 0.1) is 20.8 Å². The summed E-state index contributed by atoms with van der Waals surface area (Å²) < 4.78 is 2.08. The summed E-state index contributed by atoms with van der Waals surface area (Å²) in [4.78, 5) is 14.6. The van der Waals surface area contributed by atoms with Gasteiger partial charge in [0.15, 0.2) is 0 Å². The van der Waals surface area contributed by atoms with E-state index >= 15 is 0 Å². The van der Waals surface area contributed by atoms with Crippen LogP contribution in [0.1, 0.15) is 29.9 Å². The van der Waals surface area contributed by atoms with Crippen LogP contribution in [0.5, 0.6) is 0 Å². The smallest absolute Gasteiger partial charge is 0.241 e. The number of anilines is 1. The molecule has 1 aromatic carbocycles. The molecule has 2 heterocycles. The number of rotatable bonds is 4. The predicted octanol–water partition coefficient (Wildman–Crippen LogP) is 2.69. The van der Waals surface area contributed by atoms with E-state index in [1.807, 2.05) is 45.0 Å². The minimum atomic E-state index is -0.135. The molecule has 0 spiro atoms. The van der Waals surface area contributed by atoms with Crippen LogP contribution in [0.2, 0.25) is 0 Å². The van der Waals surface area contributed by atoms with Gasteiger partial charge in [-0.2, -0.15) is 5.10 Å². The molecule has 5 heteroatoms. The first-order chi connectivity index (χ1) is 10.9. The van der Waals surface area contributed by atoms with Gasteiger partial charge < -0.3 is 5.32 Å². The number of nitrogens with one attached hydrogen (secondary N) is 1. The van der Waals surface area contributed by atoms with Gasteiger partial charge in [-0.3, -0.25) is 14.4 Å². The topological polar surface area (TPSA) is 50.2 Å². The molecule has 2 aromatic rings. The maximum Gasteiger partial charge on any atom is 0.241 e. The van der Waals surface area contributed by atoms with Gasteiger partial charge in [-0.15, -0.1) is 0 Å². The van der Waals surface area contributed by atoms with E-state index in [4.69, 9.17) is 0 Å². The number of likely N-dealkylation sites (tertiary alicyclic amines) is 1. The number of benzene rings is 1. The summed E-state index contributed by atoms with van der Waals surface area (Å²) in [5.41, 5.74) is 4.23. The van der Waals surface area contributed by atoms with Crippen molar-refractivity contribution in [1.82, 2.24) is 14.7 Å². The molecule has 0 saturated carbocycles. The third kappa shape index (κ3) is 3.29. The molecule has 1 aliphatic heterocycles. The average Bonchev–Trinajstić information content (AvgIpc) is 2.76. The summed E-state index contributed by atoms with van der Waals surface area (Å²) in [6, 6.07) is 10.2. The Bertz CT molecular complexity index is 716. The van der Waals surface area contributed by atoms with Crippen molar-refractivity contribution in [1.29, 1.82) is 0 Å². The van der Waals surface area contributed by atoms with Gasteiger partial charge in [0, 0.05) is 24.5 Å². The van der Waals surface area contributed by atoms with Crippen LogP contribution in [0.4, 0.5) is 5.69 Å². The Balaban J connectivity index is 1.57. The maximum atomic E-state index is 12.4. The van der Waals surface area contributed by atoms with Gasteiger partial charge in [-0.1, -0.05) is 12.1 Å². The first-order valence-electron chi connectivity index (χ1n) is 8.08. The molecule has 23 heavy (non-hydrogen) atoms. The minimum absolute atomic E-state index is 0.0439. The predicted molar refractivity (Wildman–Crippen MR) is 91.6 cm³/mol. The fraction of sp³-hybridized carbons (Fsp3) is 0.444. The van der Waals surface area contributed by atoms with Gasteiger partial charge in [-0.05, 0) is 51.5 Å². The van der Waals surface area contributed by atoms with E-state index in [-0.39, 0.29) is 11.9 Å². The molecule has 1 aliphatic rings. The zero-order valence-corrected chi connectivity index (χ0v) is 14.2. The molecule has 0 radical (unpaired) electrons. The molecule has 5 nitrogen and oxygen atoms in total. The van der Waals surface area contributed by atoms with Crippen LogP contribution in [0.25, 0.3) is 0 Å². The van der Waals surface area contributed by atoms with Gasteiger partial charge in [-0.25, -0.2) is 0 Å². The molecule has 1 amide bonds. The summed E-state index contributed by atoms with van der Waals surface area (Å²) in [7, 11) is 0. The molecule has 1 N–H and O–H groups in total. The van der Waals surface area contributed by atoms with Gasteiger partial charge in [0.25, 0.3) is 0 Å². The molecule has 0 aliphatic carbocycles. The lowest BCUT2D eigenvalue weighted by Crippen LogP contribution is -2.55. The number of hydrogen-bond acceptors (Lipinski definition) is 3. The number of aromatic nitrogens is 2. The summed E-state index contributed by atoms with van der Waals surface area (Å²) in [5, 5.41) is 7.54. The Morgan fingerprint density at radius 2 is 2.00 bits per heavy atom. The van der Waals surface area contributed by atoms with E-state index in [0.717, 1.165) is 30.0 Å². The highest BCUT2D eigenvalue weighted by atomic mass is 16.2. The molecule has 0 bridgehead atoms. The fourth-order valence-corrected chi connectivity index (χ4v) is 3.11.